The highest BCUT2D eigenvalue weighted by Gasteiger charge is 2.29. The van der Waals surface area contributed by atoms with Crippen LogP contribution in [-0.2, 0) is 19.1 Å². The summed E-state index contributed by atoms with van der Waals surface area (Å²) in [5.41, 5.74) is 4.39. The Balaban J connectivity index is 1.43. The van der Waals surface area contributed by atoms with E-state index < -0.39 is 36.5 Å². The molecular formula is C23H25N3O6. The molecular weight excluding hydrogens is 414 g/mol. The number of carboxylic acids is 1. The van der Waals surface area contributed by atoms with E-state index in [-0.39, 0.29) is 25.5 Å². The Bertz CT molecular complexity index is 977. The van der Waals surface area contributed by atoms with Gasteiger partial charge in [-0.2, -0.15) is 0 Å². The van der Waals surface area contributed by atoms with Crippen molar-refractivity contribution in [2.75, 3.05) is 19.7 Å². The number of alkyl carbamates (subject to hydrolysis) is 1. The van der Waals surface area contributed by atoms with Crippen LogP contribution in [0, 0.1) is 0 Å². The molecule has 3 amide bonds. The van der Waals surface area contributed by atoms with Crippen LogP contribution in [-0.4, -0.2) is 54.7 Å². The van der Waals surface area contributed by atoms with Crippen molar-refractivity contribution < 1.29 is 29.0 Å². The first-order valence-electron chi connectivity index (χ1n) is 10.3. The normalized spacial score (nSPS) is 12.8. The number of carboxylic acid groups (broad SMARTS) is 1. The maximum Gasteiger partial charge on any atom is 0.407 e. The molecule has 9 heteroatoms. The Kier molecular flexibility index (Phi) is 7.43. The summed E-state index contributed by atoms with van der Waals surface area (Å²) in [6.45, 7) is 0.975. The highest BCUT2D eigenvalue weighted by molar-refractivity contribution is 5.89. The Morgan fingerprint density at radius 2 is 1.47 bits per heavy atom. The molecule has 32 heavy (non-hydrogen) atoms. The van der Waals surface area contributed by atoms with E-state index in [0.29, 0.717) is 0 Å². The van der Waals surface area contributed by atoms with Crippen LogP contribution in [0.25, 0.3) is 11.1 Å². The molecule has 0 heterocycles. The third-order valence-electron chi connectivity index (χ3n) is 5.22. The molecule has 1 aliphatic rings. The second-order valence-corrected chi connectivity index (χ2v) is 7.32. The van der Waals surface area contributed by atoms with Crippen LogP contribution in [0.1, 0.15) is 30.4 Å². The molecule has 0 bridgehead atoms. The van der Waals surface area contributed by atoms with Gasteiger partial charge in [0.05, 0.1) is 6.54 Å². The number of hydrogen-bond acceptors (Lipinski definition) is 5. The molecule has 2 aromatic carbocycles. The van der Waals surface area contributed by atoms with Gasteiger partial charge in [-0.15, -0.1) is 0 Å². The van der Waals surface area contributed by atoms with Crippen LogP contribution >= 0.6 is 0 Å². The third-order valence-corrected chi connectivity index (χ3v) is 5.22. The van der Waals surface area contributed by atoms with Crippen LogP contribution in [0.15, 0.2) is 48.5 Å². The summed E-state index contributed by atoms with van der Waals surface area (Å²) in [5.74, 6) is -2.47. The van der Waals surface area contributed by atoms with Crippen LogP contribution in [0.5, 0.6) is 0 Å². The second-order valence-electron chi connectivity index (χ2n) is 7.32. The van der Waals surface area contributed by atoms with E-state index in [1.54, 1.807) is 6.92 Å². The summed E-state index contributed by atoms with van der Waals surface area (Å²) in [5, 5.41) is 15.9. The van der Waals surface area contributed by atoms with Crippen molar-refractivity contribution in [1.82, 2.24) is 16.0 Å². The Morgan fingerprint density at radius 3 is 2.03 bits per heavy atom. The van der Waals surface area contributed by atoms with Gasteiger partial charge < -0.3 is 25.8 Å². The largest absolute Gasteiger partial charge is 0.480 e. The fourth-order valence-corrected chi connectivity index (χ4v) is 3.63. The fourth-order valence-electron chi connectivity index (χ4n) is 3.63. The van der Waals surface area contributed by atoms with Crippen molar-refractivity contribution in [2.45, 2.75) is 25.3 Å². The minimum absolute atomic E-state index is 0.0913. The predicted octanol–water partition coefficient (Wildman–Crippen LogP) is 1.62. The molecule has 3 rings (SSSR count). The zero-order valence-corrected chi connectivity index (χ0v) is 17.6. The third kappa shape index (κ3) is 5.42. The summed E-state index contributed by atoms with van der Waals surface area (Å²) >= 11 is 0. The Labute approximate surface area is 185 Å². The van der Waals surface area contributed by atoms with E-state index in [1.165, 1.54) is 0 Å². The first-order chi connectivity index (χ1) is 15.4. The summed E-state index contributed by atoms with van der Waals surface area (Å²) in [6.07, 6.45) is -0.526. The molecule has 9 nitrogen and oxygen atoms in total. The van der Waals surface area contributed by atoms with Gasteiger partial charge in [-0.1, -0.05) is 55.5 Å². The van der Waals surface area contributed by atoms with E-state index in [4.69, 9.17) is 9.84 Å². The first kappa shape index (κ1) is 22.8. The number of ether oxygens (including phenoxy) is 1. The van der Waals surface area contributed by atoms with Gasteiger partial charge in [-0.25, -0.2) is 9.59 Å². The zero-order chi connectivity index (χ0) is 23.1. The lowest BCUT2D eigenvalue weighted by molar-refractivity contribution is -0.141. The molecule has 0 fully saturated rings. The van der Waals surface area contributed by atoms with Gasteiger partial charge >= 0.3 is 12.1 Å². The number of nitrogens with one attached hydrogen (secondary N) is 3. The van der Waals surface area contributed by atoms with Gasteiger partial charge in [0, 0.05) is 5.92 Å². The van der Waals surface area contributed by atoms with Crippen LogP contribution in [0.4, 0.5) is 4.79 Å². The maximum atomic E-state index is 12.1. The summed E-state index contributed by atoms with van der Waals surface area (Å²) in [6, 6.07) is 14.9. The van der Waals surface area contributed by atoms with Gasteiger partial charge in [0.1, 0.15) is 19.2 Å². The lowest BCUT2D eigenvalue weighted by atomic mass is 9.98. The fraction of sp³-hybridized carbons (Fsp3) is 0.304. The number of carbonyl (C=O) groups is 4. The van der Waals surface area contributed by atoms with Crippen LogP contribution in [0.3, 0.4) is 0 Å². The van der Waals surface area contributed by atoms with Crippen molar-refractivity contribution in [2.24, 2.45) is 0 Å². The number of carbonyl (C=O) groups excluding carboxylic acids is 3. The van der Waals surface area contributed by atoms with Gasteiger partial charge in [-0.05, 0) is 28.7 Å². The number of rotatable bonds is 9. The minimum Gasteiger partial charge on any atom is -0.480 e. The minimum atomic E-state index is -1.15. The quantitative estimate of drug-likeness (QED) is 0.469. The predicted molar refractivity (Wildman–Crippen MR) is 116 cm³/mol. The van der Waals surface area contributed by atoms with E-state index in [9.17, 15) is 19.2 Å². The molecule has 0 spiro atoms. The number of aliphatic carboxylic acids is 1. The van der Waals surface area contributed by atoms with Crippen molar-refractivity contribution in [3.8, 4) is 11.1 Å². The summed E-state index contributed by atoms with van der Waals surface area (Å²) in [4.78, 5) is 46.5. The monoisotopic (exact) mass is 439 g/mol. The maximum absolute atomic E-state index is 12.1. The average Bonchev–Trinajstić information content (AvgIpc) is 3.12. The van der Waals surface area contributed by atoms with E-state index in [2.05, 4.69) is 16.0 Å². The molecule has 0 unspecified atom stereocenters. The number of hydrogen-bond donors (Lipinski definition) is 4. The zero-order valence-electron chi connectivity index (χ0n) is 17.6. The molecule has 0 aromatic heterocycles. The van der Waals surface area contributed by atoms with Gasteiger partial charge in [0.15, 0.2) is 0 Å². The van der Waals surface area contributed by atoms with Crippen LogP contribution in [0.2, 0.25) is 0 Å². The number of benzene rings is 2. The van der Waals surface area contributed by atoms with Crippen LogP contribution < -0.4 is 16.0 Å². The molecule has 1 atom stereocenters. The lowest BCUT2D eigenvalue weighted by Gasteiger charge is -2.15. The lowest BCUT2D eigenvalue weighted by Crippen LogP contribution is -2.46. The van der Waals surface area contributed by atoms with E-state index >= 15 is 0 Å². The molecule has 0 saturated heterocycles. The van der Waals surface area contributed by atoms with Gasteiger partial charge in [-0.3, -0.25) is 9.59 Å². The standard InChI is InChI=1S/C23H25N3O6/c1-2-19(22(29)30)26-21(28)12-24-20(27)11-25-23(31)32-13-18-16-9-5-3-7-14(16)15-8-4-6-10-17(15)18/h3-10,18-19H,2,11-13H2,1H3,(H,24,27)(H,25,31)(H,26,28)(H,29,30)/t19-/m1/s1. The molecule has 0 saturated carbocycles. The van der Waals surface area contributed by atoms with Crippen molar-refractivity contribution >= 4 is 23.9 Å². The molecule has 2 aromatic rings. The van der Waals surface area contributed by atoms with Crippen molar-refractivity contribution in [1.29, 1.82) is 0 Å². The molecule has 0 radical (unpaired) electrons. The SMILES string of the molecule is CC[C@@H](NC(=O)CNC(=O)CNC(=O)OCC1c2ccccc2-c2ccccc21)C(=O)O. The topological polar surface area (TPSA) is 134 Å². The molecule has 1 aliphatic carbocycles. The van der Waals surface area contributed by atoms with Crippen molar-refractivity contribution in [3.63, 3.8) is 0 Å². The van der Waals surface area contributed by atoms with Gasteiger partial charge in [0.2, 0.25) is 11.8 Å². The van der Waals surface area contributed by atoms with Crippen molar-refractivity contribution in [3.05, 3.63) is 59.7 Å². The van der Waals surface area contributed by atoms with E-state index in [1.807, 2.05) is 48.5 Å². The summed E-state index contributed by atoms with van der Waals surface area (Å²) < 4.78 is 5.33. The molecule has 168 valence electrons. The van der Waals surface area contributed by atoms with Gasteiger partial charge in [0.25, 0.3) is 0 Å². The Hall–Kier alpha value is -3.88. The highest BCUT2D eigenvalue weighted by atomic mass is 16.5. The highest BCUT2D eigenvalue weighted by Crippen LogP contribution is 2.44. The number of fused-ring (bicyclic) bond motifs is 3. The van der Waals surface area contributed by atoms with E-state index in [0.717, 1.165) is 22.3 Å². The molecule has 0 aliphatic heterocycles. The average molecular weight is 439 g/mol. The Morgan fingerprint density at radius 1 is 0.906 bits per heavy atom. The smallest absolute Gasteiger partial charge is 0.407 e. The summed E-state index contributed by atoms with van der Waals surface area (Å²) in [7, 11) is 0. The first-order valence-corrected chi connectivity index (χ1v) is 10.3. The second kappa shape index (κ2) is 10.4. The number of amides is 3. The molecule has 4 N–H and O–H groups in total.